The van der Waals surface area contributed by atoms with Gasteiger partial charge in [0.1, 0.15) is 0 Å². The predicted octanol–water partition coefficient (Wildman–Crippen LogP) is -0.324. The zero-order valence-corrected chi connectivity index (χ0v) is 7.00. The smallest absolute Gasteiger partial charge is 0.201 e. The molecule has 0 bridgehead atoms. The van der Waals surface area contributed by atoms with Crippen molar-refractivity contribution in [3.05, 3.63) is 12.4 Å². The van der Waals surface area contributed by atoms with E-state index in [4.69, 9.17) is 0 Å². The normalized spacial score (nSPS) is 19.3. The minimum absolute atomic E-state index is 0.0660. The van der Waals surface area contributed by atoms with Gasteiger partial charge in [-0.3, -0.25) is 0 Å². The van der Waals surface area contributed by atoms with Gasteiger partial charge in [-0.2, -0.15) is 0 Å². The Morgan fingerprint density at radius 3 is 2.83 bits per heavy atom. The van der Waals surface area contributed by atoms with Gasteiger partial charge in [-0.05, 0) is 0 Å². The van der Waals surface area contributed by atoms with Crippen LogP contribution in [0.15, 0.2) is 17.4 Å². The number of fused-ring (bicyclic) bond motifs is 1. The lowest BCUT2D eigenvalue weighted by Gasteiger charge is -2.14. The SMILES string of the molecule is O=S1(=O)CCNc2nccnc21. The average molecular weight is 185 g/mol. The van der Waals surface area contributed by atoms with Gasteiger partial charge >= 0.3 is 0 Å². The zero-order valence-electron chi connectivity index (χ0n) is 6.19. The molecule has 6 heteroatoms. The molecule has 12 heavy (non-hydrogen) atoms. The van der Waals surface area contributed by atoms with Gasteiger partial charge in [0.25, 0.3) is 0 Å². The molecule has 1 aliphatic rings. The number of hydrogen-bond donors (Lipinski definition) is 1. The summed E-state index contributed by atoms with van der Waals surface area (Å²) in [5.74, 6) is 0.461. The van der Waals surface area contributed by atoms with Crippen LogP contribution in [0.1, 0.15) is 0 Å². The van der Waals surface area contributed by atoms with Crippen LogP contribution in [0.5, 0.6) is 0 Å². The molecule has 1 aromatic heterocycles. The summed E-state index contributed by atoms with van der Waals surface area (Å²) < 4.78 is 22.7. The van der Waals surface area contributed by atoms with Crippen molar-refractivity contribution in [2.75, 3.05) is 17.6 Å². The molecule has 1 N–H and O–H groups in total. The first-order chi connectivity index (χ1) is 5.70. The van der Waals surface area contributed by atoms with Crippen molar-refractivity contribution in [2.45, 2.75) is 5.03 Å². The molecular formula is C6H7N3O2S. The molecule has 0 radical (unpaired) electrons. The molecule has 0 amide bonds. The number of hydrogen-bond acceptors (Lipinski definition) is 5. The summed E-state index contributed by atoms with van der Waals surface area (Å²) in [5, 5.41) is 2.93. The molecule has 0 fully saturated rings. The Balaban J connectivity index is 2.67. The Bertz CT molecular complexity index is 401. The Morgan fingerprint density at radius 1 is 1.33 bits per heavy atom. The van der Waals surface area contributed by atoms with Crippen molar-refractivity contribution < 1.29 is 8.42 Å². The van der Waals surface area contributed by atoms with Gasteiger partial charge in [-0.1, -0.05) is 0 Å². The lowest BCUT2D eigenvalue weighted by Crippen LogP contribution is -2.25. The van der Waals surface area contributed by atoms with Gasteiger partial charge in [0, 0.05) is 18.9 Å². The Morgan fingerprint density at radius 2 is 2.08 bits per heavy atom. The minimum atomic E-state index is -3.18. The van der Waals surface area contributed by atoms with Crippen LogP contribution in [-0.4, -0.2) is 30.7 Å². The third-order valence-corrected chi connectivity index (χ3v) is 3.25. The number of anilines is 1. The van der Waals surface area contributed by atoms with Crippen molar-refractivity contribution in [3.63, 3.8) is 0 Å². The van der Waals surface area contributed by atoms with Gasteiger partial charge in [-0.15, -0.1) is 0 Å². The molecule has 0 spiro atoms. The van der Waals surface area contributed by atoms with E-state index >= 15 is 0 Å². The molecular weight excluding hydrogens is 178 g/mol. The van der Waals surface area contributed by atoms with Crippen molar-refractivity contribution in [3.8, 4) is 0 Å². The van der Waals surface area contributed by atoms with Crippen molar-refractivity contribution in [2.24, 2.45) is 0 Å². The summed E-state index contributed by atoms with van der Waals surface area (Å²) in [6, 6.07) is 0. The highest BCUT2D eigenvalue weighted by molar-refractivity contribution is 7.91. The first-order valence-corrected chi connectivity index (χ1v) is 5.13. The van der Waals surface area contributed by atoms with E-state index < -0.39 is 9.84 Å². The van der Waals surface area contributed by atoms with E-state index in [1.807, 2.05) is 0 Å². The lowest BCUT2D eigenvalue weighted by molar-refractivity contribution is 0.590. The summed E-state index contributed by atoms with van der Waals surface area (Å²) >= 11 is 0. The maximum absolute atomic E-state index is 11.3. The molecule has 0 unspecified atom stereocenters. The average Bonchev–Trinajstić information content (AvgIpc) is 2.04. The molecule has 1 aliphatic heterocycles. The van der Waals surface area contributed by atoms with Crippen molar-refractivity contribution >= 4 is 15.7 Å². The minimum Gasteiger partial charge on any atom is -0.367 e. The summed E-state index contributed by atoms with van der Waals surface area (Å²) in [6.45, 7) is 0.411. The monoisotopic (exact) mass is 185 g/mol. The summed E-state index contributed by atoms with van der Waals surface area (Å²) in [5.41, 5.74) is 0. The fourth-order valence-corrected chi connectivity index (χ4v) is 2.28. The van der Waals surface area contributed by atoms with Crippen molar-refractivity contribution in [1.82, 2.24) is 9.97 Å². The first-order valence-electron chi connectivity index (χ1n) is 3.48. The molecule has 0 atom stereocenters. The van der Waals surface area contributed by atoms with Crippen LogP contribution in [0.4, 0.5) is 5.82 Å². The largest absolute Gasteiger partial charge is 0.367 e. The van der Waals surface area contributed by atoms with Gasteiger partial charge in [0.2, 0.25) is 9.84 Å². The summed E-state index contributed by atoms with van der Waals surface area (Å²) in [7, 11) is -3.18. The molecule has 0 saturated carbocycles. The second-order valence-electron chi connectivity index (χ2n) is 2.46. The molecule has 0 aliphatic carbocycles. The fourth-order valence-electron chi connectivity index (χ4n) is 1.07. The Labute approximate surface area is 69.8 Å². The van der Waals surface area contributed by atoms with Crippen LogP contribution in [0, 0.1) is 0 Å². The van der Waals surface area contributed by atoms with E-state index in [-0.39, 0.29) is 10.8 Å². The zero-order chi connectivity index (χ0) is 8.60. The van der Waals surface area contributed by atoms with Crippen molar-refractivity contribution in [1.29, 1.82) is 0 Å². The van der Waals surface area contributed by atoms with E-state index in [9.17, 15) is 8.42 Å². The van der Waals surface area contributed by atoms with Gasteiger partial charge in [0.05, 0.1) is 5.75 Å². The van der Waals surface area contributed by atoms with Crippen LogP contribution in [-0.2, 0) is 9.84 Å². The molecule has 2 rings (SSSR count). The maximum atomic E-state index is 11.3. The molecule has 0 saturated heterocycles. The number of sulfone groups is 1. The first kappa shape index (κ1) is 7.48. The molecule has 2 heterocycles. The lowest BCUT2D eigenvalue weighted by atomic mass is 10.6. The van der Waals surface area contributed by atoms with Crippen LogP contribution < -0.4 is 5.32 Å². The van der Waals surface area contributed by atoms with E-state index in [2.05, 4.69) is 15.3 Å². The Kier molecular flexibility index (Phi) is 1.50. The Hall–Kier alpha value is -1.17. The summed E-state index contributed by atoms with van der Waals surface area (Å²) in [6.07, 6.45) is 2.84. The number of rotatable bonds is 0. The highest BCUT2D eigenvalue weighted by Gasteiger charge is 2.25. The van der Waals surface area contributed by atoms with Gasteiger partial charge in [0.15, 0.2) is 10.8 Å². The maximum Gasteiger partial charge on any atom is 0.201 e. The van der Waals surface area contributed by atoms with Crippen LogP contribution in [0.25, 0.3) is 0 Å². The third-order valence-electron chi connectivity index (χ3n) is 1.62. The highest BCUT2D eigenvalue weighted by atomic mass is 32.2. The number of aromatic nitrogens is 2. The fraction of sp³-hybridized carbons (Fsp3) is 0.333. The third kappa shape index (κ3) is 1.04. The molecule has 0 aromatic carbocycles. The molecule has 1 aromatic rings. The van der Waals surface area contributed by atoms with Gasteiger partial charge in [-0.25, -0.2) is 18.4 Å². The summed E-state index contributed by atoms with van der Waals surface area (Å²) in [4.78, 5) is 7.62. The standard InChI is InChI=1S/C6H7N3O2S/c10-12(11)4-3-8-5-6(12)9-2-1-7-5/h1-2H,3-4H2,(H,7,8). The van der Waals surface area contributed by atoms with Crippen LogP contribution in [0.2, 0.25) is 0 Å². The topological polar surface area (TPSA) is 72.0 Å². The quantitative estimate of drug-likeness (QED) is 0.599. The van der Waals surface area contributed by atoms with E-state index in [0.29, 0.717) is 12.4 Å². The van der Waals surface area contributed by atoms with Crippen LogP contribution >= 0.6 is 0 Å². The van der Waals surface area contributed by atoms with E-state index in [1.54, 1.807) is 0 Å². The van der Waals surface area contributed by atoms with E-state index in [1.165, 1.54) is 12.4 Å². The predicted molar refractivity (Wildman–Crippen MR) is 42.6 cm³/mol. The molecule has 64 valence electrons. The van der Waals surface area contributed by atoms with Gasteiger partial charge < -0.3 is 5.32 Å². The molecule has 5 nitrogen and oxygen atoms in total. The second kappa shape index (κ2) is 2.41. The second-order valence-corrected chi connectivity index (χ2v) is 4.48. The van der Waals surface area contributed by atoms with E-state index in [0.717, 1.165) is 0 Å². The number of nitrogens with one attached hydrogen (secondary N) is 1. The highest BCUT2D eigenvalue weighted by Crippen LogP contribution is 2.19. The van der Waals surface area contributed by atoms with Crippen LogP contribution in [0.3, 0.4) is 0 Å². The number of nitrogens with zero attached hydrogens (tertiary/aromatic N) is 2.